The van der Waals surface area contributed by atoms with Crippen LogP contribution in [0, 0.1) is 0 Å². The van der Waals surface area contributed by atoms with E-state index >= 15 is 0 Å². The molecule has 5 aromatic rings. The highest BCUT2D eigenvalue weighted by Gasteiger charge is 2.41. The molecule has 0 aliphatic carbocycles. The number of nitrogens with zero attached hydrogens (tertiary/aromatic N) is 2. The van der Waals surface area contributed by atoms with Crippen LogP contribution < -0.4 is 4.74 Å². The molecule has 7 rings (SSSR count). The SMILES string of the molecule is CS(=O)(=O)c1ccc(COc2ccccc2SC(F)(F)/C(F)=C/CN2C(=O)c3ccccc3C2=O)cc1.O=C1c2ccccc2C(=O)N1C/C=C(\F)C(F)(F)Sc1ccccc1O. The van der Waals surface area contributed by atoms with Crippen LogP contribution in [-0.4, -0.2) is 76.8 Å². The molecule has 326 valence electrons. The first-order valence-electron chi connectivity index (χ1n) is 18.3. The fourth-order valence-corrected chi connectivity index (χ4v) is 8.19. The minimum atomic E-state index is -4.00. The molecule has 0 saturated heterocycles. The van der Waals surface area contributed by atoms with Crippen LogP contribution >= 0.6 is 23.5 Å². The van der Waals surface area contributed by atoms with Crippen molar-refractivity contribution in [2.24, 2.45) is 0 Å². The van der Waals surface area contributed by atoms with Crippen LogP contribution in [0.1, 0.15) is 47.0 Å². The summed E-state index contributed by atoms with van der Waals surface area (Å²) in [4.78, 5) is 50.3. The van der Waals surface area contributed by atoms with E-state index < -0.39 is 74.5 Å². The molecule has 0 radical (unpaired) electrons. The third-order valence-electron chi connectivity index (χ3n) is 9.16. The first-order valence-corrected chi connectivity index (χ1v) is 21.9. The monoisotopic (exact) mass is 926 g/mol. The van der Waals surface area contributed by atoms with Gasteiger partial charge in [0.25, 0.3) is 23.6 Å². The highest BCUT2D eigenvalue weighted by atomic mass is 32.2. The van der Waals surface area contributed by atoms with Gasteiger partial charge in [-0.1, -0.05) is 60.7 Å². The summed E-state index contributed by atoms with van der Waals surface area (Å²) in [5.74, 6) is -6.61. The Hall–Kier alpha value is -6.31. The smallest absolute Gasteiger partial charge is 0.349 e. The lowest BCUT2D eigenvalue weighted by molar-refractivity contribution is 0.0652. The Morgan fingerprint density at radius 2 is 0.984 bits per heavy atom. The number of halogens is 6. The normalized spacial score (nSPS) is 14.4. The van der Waals surface area contributed by atoms with Crippen molar-refractivity contribution in [2.75, 3.05) is 19.3 Å². The molecule has 0 unspecified atom stereocenters. The summed E-state index contributed by atoms with van der Waals surface area (Å²) in [6.07, 6.45) is 2.09. The Morgan fingerprint density at radius 1 is 0.603 bits per heavy atom. The van der Waals surface area contributed by atoms with Crippen LogP contribution in [-0.2, 0) is 16.4 Å². The summed E-state index contributed by atoms with van der Waals surface area (Å²) in [6, 6.07) is 29.1. The highest BCUT2D eigenvalue weighted by Crippen LogP contribution is 2.46. The Balaban J connectivity index is 0.000000223. The maximum absolute atomic E-state index is 14.8. The lowest BCUT2D eigenvalue weighted by Gasteiger charge is -2.18. The fraction of sp³-hybridized carbons (Fsp3) is 0.136. The number of ether oxygens (including phenoxy) is 1. The minimum absolute atomic E-state index is 0.0365. The summed E-state index contributed by atoms with van der Waals surface area (Å²) >= 11 is -0.239. The van der Waals surface area contributed by atoms with Gasteiger partial charge in [-0.2, -0.15) is 17.6 Å². The summed E-state index contributed by atoms with van der Waals surface area (Å²) in [7, 11) is -3.36. The third-order valence-corrected chi connectivity index (χ3v) is 12.3. The number of amides is 4. The zero-order valence-electron chi connectivity index (χ0n) is 32.5. The molecule has 0 aromatic heterocycles. The summed E-state index contributed by atoms with van der Waals surface area (Å²) in [6.45, 7) is -1.30. The average Bonchev–Trinajstić information content (AvgIpc) is 3.65. The van der Waals surface area contributed by atoms with Gasteiger partial charge in [0.15, 0.2) is 21.5 Å². The molecule has 5 aromatic carbocycles. The topological polar surface area (TPSA) is 138 Å². The number of aromatic hydroxyl groups is 1. The molecule has 2 heterocycles. The van der Waals surface area contributed by atoms with E-state index in [2.05, 4.69) is 0 Å². The van der Waals surface area contributed by atoms with E-state index in [-0.39, 0.29) is 72.8 Å². The largest absolute Gasteiger partial charge is 0.507 e. The molecule has 63 heavy (non-hydrogen) atoms. The van der Waals surface area contributed by atoms with E-state index in [0.717, 1.165) is 6.26 Å². The lowest BCUT2D eigenvalue weighted by Crippen LogP contribution is -2.30. The molecule has 0 atom stereocenters. The van der Waals surface area contributed by atoms with Crippen LogP contribution in [0.3, 0.4) is 0 Å². The van der Waals surface area contributed by atoms with Gasteiger partial charge in [0.1, 0.15) is 18.1 Å². The number of carbonyl (C=O) groups excluding carboxylic acids is 4. The quantitative estimate of drug-likeness (QED) is 0.0651. The molecule has 0 spiro atoms. The average molecular weight is 927 g/mol. The van der Waals surface area contributed by atoms with Gasteiger partial charge in [0, 0.05) is 6.26 Å². The van der Waals surface area contributed by atoms with Gasteiger partial charge in [-0.15, -0.1) is 0 Å². The number of fused-ring (bicyclic) bond motifs is 2. The molecule has 2 aliphatic heterocycles. The predicted molar refractivity (Wildman–Crippen MR) is 222 cm³/mol. The van der Waals surface area contributed by atoms with Crippen LogP contribution in [0.2, 0.25) is 0 Å². The maximum Gasteiger partial charge on any atom is 0.349 e. The molecule has 10 nitrogen and oxygen atoms in total. The molecule has 0 bridgehead atoms. The van der Waals surface area contributed by atoms with E-state index in [4.69, 9.17) is 4.74 Å². The lowest BCUT2D eigenvalue weighted by atomic mass is 10.1. The standard InChI is InChI=1S/C26H20F3NO5S2.C18H12F3NO3S/c1-37(33,34)18-12-10-17(11-13-18)16-35-21-8-4-5-9-22(21)36-26(28,29)23(27)14-15-30-24(31)19-6-2-3-7-20(19)25(30)32;19-15(18(20,21)26-14-8-4-3-7-13(14)23)9-10-22-16(24)11-5-1-2-6-12(11)17(22)25/h2-14H,15-16H2,1H3;1-9,23H,10H2/b23-14-;15-9-. The number of hydrogen-bond donors (Lipinski definition) is 1. The van der Waals surface area contributed by atoms with Gasteiger partial charge in [-0.25, -0.2) is 17.2 Å². The number of para-hydroxylation sites is 2. The van der Waals surface area contributed by atoms with Crippen molar-refractivity contribution in [1.82, 2.24) is 9.80 Å². The Bertz CT molecular complexity index is 2700. The Morgan fingerprint density at radius 3 is 1.41 bits per heavy atom. The third kappa shape index (κ3) is 10.7. The van der Waals surface area contributed by atoms with E-state index in [1.165, 1.54) is 78.9 Å². The van der Waals surface area contributed by atoms with Crippen molar-refractivity contribution in [3.8, 4) is 11.5 Å². The van der Waals surface area contributed by atoms with Crippen LogP contribution in [0.5, 0.6) is 11.5 Å². The van der Waals surface area contributed by atoms with Gasteiger partial charge in [0.2, 0.25) is 0 Å². The van der Waals surface area contributed by atoms with E-state index in [9.17, 15) is 59.0 Å². The zero-order valence-corrected chi connectivity index (χ0v) is 35.0. The van der Waals surface area contributed by atoms with Gasteiger partial charge >= 0.3 is 10.5 Å². The molecule has 0 fully saturated rings. The summed E-state index contributed by atoms with van der Waals surface area (Å²) < 4.78 is 115. The van der Waals surface area contributed by atoms with Gasteiger partial charge < -0.3 is 9.84 Å². The Kier molecular flexibility index (Phi) is 13.9. The summed E-state index contributed by atoms with van der Waals surface area (Å²) in [5.41, 5.74) is 1.19. The van der Waals surface area contributed by atoms with Crippen molar-refractivity contribution in [3.05, 3.63) is 173 Å². The number of hydrogen-bond acceptors (Lipinski definition) is 10. The van der Waals surface area contributed by atoms with Crippen molar-refractivity contribution in [3.63, 3.8) is 0 Å². The Labute approximate surface area is 364 Å². The zero-order chi connectivity index (χ0) is 45.7. The number of sulfone groups is 1. The van der Waals surface area contributed by atoms with Gasteiger partial charge in [-0.05, 0) is 102 Å². The number of alkyl halides is 4. The molecular weight excluding hydrogens is 895 g/mol. The summed E-state index contributed by atoms with van der Waals surface area (Å²) in [5, 5.41) is 1.57. The maximum atomic E-state index is 14.8. The molecule has 0 saturated carbocycles. The number of imide groups is 2. The molecule has 19 heteroatoms. The van der Waals surface area contributed by atoms with Crippen LogP contribution in [0.4, 0.5) is 26.3 Å². The fourth-order valence-electron chi connectivity index (χ4n) is 5.96. The van der Waals surface area contributed by atoms with E-state index in [0.29, 0.717) is 27.5 Å². The second-order valence-electron chi connectivity index (χ2n) is 13.5. The number of rotatable bonds is 14. The number of phenolic OH excluding ortho intramolecular Hbond substituents is 1. The first kappa shape index (κ1) is 46.2. The van der Waals surface area contributed by atoms with Crippen molar-refractivity contribution < 1.29 is 63.8 Å². The number of phenols is 1. The van der Waals surface area contributed by atoms with Gasteiger partial charge in [0.05, 0.1) is 50.0 Å². The van der Waals surface area contributed by atoms with Crippen LogP contribution in [0.15, 0.2) is 160 Å². The van der Waals surface area contributed by atoms with Crippen molar-refractivity contribution in [1.29, 1.82) is 0 Å². The number of thioether (sulfide) groups is 2. The van der Waals surface area contributed by atoms with Crippen molar-refractivity contribution >= 4 is 57.0 Å². The highest BCUT2D eigenvalue weighted by molar-refractivity contribution is 8.00. The van der Waals surface area contributed by atoms with Gasteiger partial charge in [-0.3, -0.25) is 29.0 Å². The molecule has 1 N–H and O–H groups in total. The number of carbonyl (C=O) groups is 4. The predicted octanol–water partition coefficient (Wildman–Crippen LogP) is 9.73. The molecular formula is C44H32F6N2O8S3. The number of benzene rings is 5. The minimum Gasteiger partial charge on any atom is -0.507 e. The van der Waals surface area contributed by atoms with Crippen molar-refractivity contribution in [2.45, 2.75) is 31.8 Å². The van der Waals surface area contributed by atoms with Crippen LogP contribution in [0.25, 0.3) is 0 Å². The molecule has 2 aliphatic rings. The first-order chi connectivity index (χ1) is 29.8. The van der Waals surface area contributed by atoms with E-state index in [1.54, 1.807) is 42.5 Å². The van der Waals surface area contributed by atoms with E-state index in [1.807, 2.05) is 0 Å². The second-order valence-corrected chi connectivity index (χ2v) is 17.8. The second kappa shape index (κ2) is 19.0. The molecule has 4 amide bonds.